The van der Waals surface area contributed by atoms with Crippen LogP contribution in [0.1, 0.15) is 81.6 Å². The number of benzene rings is 2. The van der Waals surface area contributed by atoms with E-state index in [2.05, 4.69) is 10.6 Å². The molecule has 4 rings (SSSR count). The molecule has 0 saturated carbocycles. The fourth-order valence-electron chi connectivity index (χ4n) is 5.08. The van der Waals surface area contributed by atoms with Crippen LogP contribution in [-0.4, -0.2) is 55.7 Å². The zero-order valence-corrected chi connectivity index (χ0v) is 24.5. The van der Waals surface area contributed by atoms with Crippen molar-refractivity contribution in [1.82, 2.24) is 10.6 Å². The molecule has 9 nitrogen and oxygen atoms in total. The number of aliphatic hydroxyl groups is 1. The van der Waals surface area contributed by atoms with Gasteiger partial charge in [0.05, 0.1) is 24.9 Å². The Hall–Kier alpha value is -2.98. The van der Waals surface area contributed by atoms with Gasteiger partial charge >= 0.3 is 6.03 Å². The molecular weight excluding hydrogens is 522 g/mol. The Morgan fingerprint density at radius 1 is 1.02 bits per heavy atom. The van der Waals surface area contributed by atoms with Crippen LogP contribution in [0.3, 0.4) is 0 Å². The van der Waals surface area contributed by atoms with Gasteiger partial charge in [0.25, 0.3) is 5.91 Å². The summed E-state index contributed by atoms with van der Waals surface area (Å²) in [4.78, 5) is 25.0. The highest BCUT2D eigenvalue weighted by Crippen LogP contribution is 2.32. The van der Waals surface area contributed by atoms with E-state index in [9.17, 15) is 14.7 Å². The van der Waals surface area contributed by atoms with Gasteiger partial charge in [0.15, 0.2) is 0 Å². The Bertz CT molecular complexity index is 1140. The molecule has 2 aliphatic heterocycles. The number of carbonyl (C=O) groups excluding carboxylic acids is 2. The van der Waals surface area contributed by atoms with Gasteiger partial charge in [-0.2, -0.15) is 0 Å². The topological polar surface area (TPSA) is 109 Å². The highest BCUT2D eigenvalue weighted by molar-refractivity contribution is 6.19. The highest BCUT2D eigenvalue weighted by atomic mass is 16.7. The van der Waals surface area contributed by atoms with Crippen LogP contribution in [0.25, 0.3) is 0 Å². The molecule has 0 spiro atoms. The normalized spacial score (nSPS) is 16.8. The molecule has 1 fully saturated rings. The van der Waals surface area contributed by atoms with E-state index in [4.69, 9.17) is 14.2 Å². The second-order valence-corrected chi connectivity index (χ2v) is 11.3. The second kappa shape index (κ2) is 15.3. The lowest BCUT2D eigenvalue weighted by Gasteiger charge is -2.33. The molecule has 2 aliphatic rings. The number of imide groups is 1. The van der Waals surface area contributed by atoms with Crippen molar-refractivity contribution in [1.29, 1.82) is 0 Å². The average Bonchev–Trinajstić information content (AvgIpc) is 3.29. The summed E-state index contributed by atoms with van der Waals surface area (Å²) in [6.45, 7) is 7.32. The number of aryl methyl sites for hydroxylation is 1. The van der Waals surface area contributed by atoms with Crippen LogP contribution in [0.4, 0.5) is 10.5 Å². The van der Waals surface area contributed by atoms with Gasteiger partial charge in [-0.05, 0) is 74.0 Å². The number of rotatable bonds is 17. The second-order valence-electron chi connectivity index (χ2n) is 11.3. The minimum absolute atomic E-state index is 0.0642. The summed E-state index contributed by atoms with van der Waals surface area (Å²) in [6.07, 6.45) is 7.92. The number of aliphatic hydroxyl groups excluding tert-OH is 1. The number of nitrogens with zero attached hydrogens (tertiary/aromatic N) is 1. The first-order valence-electron chi connectivity index (χ1n) is 14.9. The zero-order valence-electron chi connectivity index (χ0n) is 24.5. The van der Waals surface area contributed by atoms with Crippen LogP contribution < -0.4 is 20.3 Å². The summed E-state index contributed by atoms with van der Waals surface area (Å²) < 4.78 is 17.3. The number of nitrogens with one attached hydrogen (secondary N) is 2. The summed E-state index contributed by atoms with van der Waals surface area (Å²) in [5.74, 6) is -0.00490. The van der Waals surface area contributed by atoms with Crippen molar-refractivity contribution in [3.8, 4) is 5.75 Å². The van der Waals surface area contributed by atoms with Crippen molar-refractivity contribution in [3.05, 3.63) is 59.2 Å². The predicted octanol–water partition coefficient (Wildman–Crippen LogP) is 5.00. The van der Waals surface area contributed by atoms with E-state index in [1.54, 1.807) is 6.07 Å². The van der Waals surface area contributed by atoms with Gasteiger partial charge in [-0.25, -0.2) is 9.69 Å². The van der Waals surface area contributed by atoms with Crippen molar-refractivity contribution in [3.63, 3.8) is 0 Å². The molecule has 2 aromatic carbocycles. The molecule has 3 amide bonds. The van der Waals surface area contributed by atoms with Gasteiger partial charge in [-0.15, -0.1) is 0 Å². The first-order chi connectivity index (χ1) is 19.8. The van der Waals surface area contributed by atoms with Gasteiger partial charge < -0.3 is 30.0 Å². The first-order valence-corrected chi connectivity index (χ1v) is 14.9. The third-order valence-corrected chi connectivity index (χ3v) is 7.40. The maximum atomic E-state index is 11.9. The molecule has 41 heavy (non-hydrogen) atoms. The predicted molar refractivity (Wildman–Crippen MR) is 158 cm³/mol. The van der Waals surface area contributed by atoms with Gasteiger partial charge in [0.1, 0.15) is 5.75 Å². The number of ether oxygens (including phenoxy) is 3. The van der Waals surface area contributed by atoms with Crippen molar-refractivity contribution in [2.75, 3.05) is 37.7 Å². The van der Waals surface area contributed by atoms with E-state index in [0.29, 0.717) is 18.8 Å². The Labute approximate surface area is 243 Å². The minimum atomic E-state index is -0.613. The SMILES string of the molecule is CC1(C)OCc2cc(C(O)CNCCCCCCOCCCCCc3cccc(N4C(=O)CNC4=O)c3)ccc2O1. The van der Waals surface area contributed by atoms with Crippen molar-refractivity contribution < 1.29 is 28.9 Å². The zero-order chi connectivity index (χ0) is 29.1. The van der Waals surface area contributed by atoms with Crippen LogP contribution in [-0.2, 0) is 27.3 Å². The number of hydrogen-bond acceptors (Lipinski definition) is 7. The van der Waals surface area contributed by atoms with Crippen LogP contribution in [0.2, 0.25) is 0 Å². The monoisotopic (exact) mass is 567 g/mol. The molecule has 2 heterocycles. The van der Waals surface area contributed by atoms with Crippen LogP contribution in [0, 0.1) is 0 Å². The lowest BCUT2D eigenvalue weighted by atomic mass is 10.0. The van der Waals surface area contributed by atoms with Gasteiger partial charge in [0, 0.05) is 39.2 Å². The van der Waals surface area contributed by atoms with E-state index in [1.807, 2.05) is 50.2 Å². The molecule has 9 heteroatoms. The standard InChI is InChI=1S/C32H45N3O6/c1-32(2)40-23-26-20-25(14-15-29(26)41-32)28(36)21-33-16-7-3-4-8-17-39-18-9-5-6-11-24-12-10-13-27(19-24)35-30(37)22-34-31(35)38/h10,12-15,19-20,28,33,36H,3-9,11,16-18,21-23H2,1-2H3,(H,34,38). The molecule has 1 saturated heterocycles. The number of carbonyl (C=O) groups is 2. The Morgan fingerprint density at radius 2 is 1.80 bits per heavy atom. The number of urea groups is 1. The van der Waals surface area contributed by atoms with Crippen LogP contribution >= 0.6 is 0 Å². The lowest BCUT2D eigenvalue weighted by Crippen LogP contribution is -2.35. The third-order valence-electron chi connectivity index (χ3n) is 7.40. The molecule has 1 unspecified atom stereocenters. The molecule has 0 bridgehead atoms. The molecule has 0 aliphatic carbocycles. The number of anilines is 1. The number of amides is 3. The lowest BCUT2D eigenvalue weighted by molar-refractivity contribution is -0.180. The molecule has 0 radical (unpaired) electrons. The Balaban J connectivity index is 0.962. The fraction of sp³-hybridized carbons (Fsp3) is 0.562. The molecule has 0 aromatic heterocycles. The summed E-state index contributed by atoms with van der Waals surface area (Å²) >= 11 is 0. The summed E-state index contributed by atoms with van der Waals surface area (Å²) in [6, 6.07) is 13.1. The minimum Gasteiger partial charge on any atom is -0.463 e. The largest absolute Gasteiger partial charge is 0.463 e. The molecule has 3 N–H and O–H groups in total. The van der Waals surface area contributed by atoms with Crippen LogP contribution in [0.5, 0.6) is 5.75 Å². The first kappa shape index (κ1) is 31.0. The van der Waals surface area contributed by atoms with Gasteiger partial charge in [-0.1, -0.05) is 37.5 Å². The molecular formula is C32H45N3O6. The van der Waals surface area contributed by atoms with E-state index in [-0.39, 0.29) is 18.5 Å². The number of fused-ring (bicyclic) bond motifs is 1. The smallest absolute Gasteiger partial charge is 0.329 e. The van der Waals surface area contributed by atoms with Crippen LogP contribution in [0.15, 0.2) is 42.5 Å². The molecule has 2 aromatic rings. The van der Waals surface area contributed by atoms with E-state index < -0.39 is 11.9 Å². The maximum Gasteiger partial charge on any atom is 0.329 e. The van der Waals surface area contributed by atoms with E-state index in [1.165, 1.54) is 4.90 Å². The highest BCUT2D eigenvalue weighted by Gasteiger charge is 2.30. The fourth-order valence-corrected chi connectivity index (χ4v) is 5.08. The van der Waals surface area contributed by atoms with Crippen molar-refractivity contribution in [2.45, 2.75) is 83.7 Å². The quantitative estimate of drug-likeness (QED) is 0.182. The van der Waals surface area contributed by atoms with Gasteiger partial charge in [0.2, 0.25) is 5.79 Å². The Kier molecular flexibility index (Phi) is 11.6. The molecule has 224 valence electrons. The Morgan fingerprint density at radius 3 is 2.59 bits per heavy atom. The molecule has 1 atom stereocenters. The van der Waals surface area contributed by atoms with E-state index in [0.717, 1.165) is 93.6 Å². The summed E-state index contributed by atoms with van der Waals surface area (Å²) in [5, 5.41) is 16.5. The number of hydrogen-bond donors (Lipinski definition) is 3. The van der Waals surface area contributed by atoms with E-state index >= 15 is 0 Å². The summed E-state index contributed by atoms with van der Waals surface area (Å²) in [5.41, 5.74) is 3.62. The average molecular weight is 568 g/mol. The van der Waals surface area contributed by atoms with Crippen molar-refractivity contribution >= 4 is 17.6 Å². The van der Waals surface area contributed by atoms with Gasteiger partial charge in [-0.3, -0.25) is 4.79 Å². The number of unbranched alkanes of at least 4 members (excludes halogenated alkanes) is 5. The third kappa shape index (κ3) is 9.53. The maximum absolute atomic E-state index is 11.9. The van der Waals surface area contributed by atoms with Crippen molar-refractivity contribution in [2.24, 2.45) is 0 Å². The summed E-state index contributed by atoms with van der Waals surface area (Å²) in [7, 11) is 0.